The van der Waals surface area contributed by atoms with Gasteiger partial charge in [0.2, 0.25) is 5.91 Å². The van der Waals surface area contributed by atoms with Crippen molar-refractivity contribution in [1.29, 1.82) is 0 Å². The first-order chi connectivity index (χ1) is 17.4. The van der Waals surface area contributed by atoms with Gasteiger partial charge < -0.3 is 5.32 Å². The number of thioether (sulfide) groups is 1. The molecular formula is C29H30BrN3O2S. The topological polar surface area (TPSA) is 52.7 Å². The van der Waals surface area contributed by atoms with E-state index in [0.717, 1.165) is 33.7 Å². The maximum atomic E-state index is 13.4. The van der Waals surface area contributed by atoms with Crippen LogP contribution < -0.4 is 10.2 Å². The summed E-state index contributed by atoms with van der Waals surface area (Å²) in [5.41, 5.74) is 2.94. The molecule has 1 aliphatic rings. The quantitative estimate of drug-likeness (QED) is 0.326. The molecule has 0 aliphatic carbocycles. The molecule has 186 valence electrons. The van der Waals surface area contributed by atoms with Gasteiger partial charge in [-0.3, -0.25) is 19.4 Å². The largest absolute Gasteiger partial charge is 0.353 e. The zero-order valence-corrected chi connectivity index (χ0v) is 22.9. The number of para-hydroxylation sites is 1. The number of halogens is 1. The highest BCUT2D eigenvalue weighted by atomic mass is 79.9. The molecule has 2 amide bonds. The van der Waals surface area contributed by atoms with E-state index in [1.165, 1.54) is 17.3 Å². The molecular weight excluding hydrogens is 534 g/mol. The molecule has 0 radical (unpaired) electrons. The first-order valence-corrected chi connectivity index (χ1v) is 13.6. The van der Waals surface area contributed by atoms with Crippen LogP contribution in [-0.2, 0) is 16.1 Å². The molecule has 0 saturated heterocycles. The lowest BCUT2D eigenvalue weighted by molar-refractivity contribution is -0.122. The number of nitrogens with one attached hydrogen (secondary N) is 1. The maximum Gasteiger partial charge on any atom is 0.265 e. The van der Waals surface area contributed by atoms with Crippen molar-refractivity contribution >= 4 is 51.3 Å². The van der Waals surface area contributed by atoms with Crippen molar-refractivity contribution in [3.05, 3.63) is 99.4 Å². The Bertz CT molecular complexity index is 1250. The van der Waals surface area contributed by atoms with Crippen LogP contribution in [0.15, 0.2) is 93.1 Å². The van der Waals surface area contributed by atoms with Gasteiger partial charge in [-0.15, -0.1) is 0 Å². The summed E-state index contributed by atoms with van der Waals surface area (Å²) in [6.07, 6.45) is 1.88. The highest BCUT2D eigenvalue weighted by Gasteiger charge is 2.30. The summed E-state index contributed by atoms with van der Waals surface area (Å²) in [5.74, 6) is -0.336. The van der Waals surface area contributed by atoms with E-state index in [9.17, 15) is 9.59 Å². The maximum absolute atomic E-state index is 13.4. The van der Waals surface area contributed by atoms with Crippen LogP contribution >= 0.6 is 27.7 Å². The monoisotopic (exact) mass is 563 g/mol. The fourth-order valence-corrected chi connectivity index (χ4v) is 5.52. The van der Waals surface area contributed by atoms with Gasteiger partial charge in [0.25, 0.3) is 5.91 Å². The third kappa shape index (κ3) is 6.87. The summed E-state index contributed by atoms with van der Waals surface area (Å²) >= 11 is 4.92. The zero-order valence-electron chi connectivity index (χ0n) is 20.5. The third-order valence-corrected chi connectivity index (χ3v) is 7.53. The molecule has 1 N–H and O–H groups in total. The third-order valence-electron chi connectivity index (χ3n) is 5.96. The van der Waals surface area contributed by atoms with Gasteiger partial charge in [0.1, 0.15) is 6.54 Å². The first kappa shape index (κ1) is 26.2. The number of nitrogens with zero attached hydrogens (tertiary/aromatic N) is 2. The predicted octanol–water partition coefficient (Wildman–Crippen LogP) is 5.96. The number of fused-ring (bicyclic) bond motifs is 1. The Morgan fingerprint density at radius 3 is 2.56 bits per heavy atom. The number of rotatable bonds is 9. The van der Waals surface area contributed by atoms with E-state index in [1.54, 1.807) is 4.90 Å². The van der Waals surface area contributed by atoms with Crippen molar-refractivity contribution in [3.8, 4) is 0 Å². The van der Waals surface area contributed by atoms with Crippen LogP contribution in [-0.4, -0.2) is 42.4 Å². The number of amides is 2. The van der Waals surface area contributed by atoms with Crippen LogP contribution in [0.1, 0.15) is 25.0 Å². The molecule has 4 rings (SSSR count). The molecule has 5 nitrogen and oxygen atoms in total. The summed E-state index contributed by atoms with van der Waals surface area (Å²) in [6, 6.07) is 26.2. The van der Waals surface area contributed by atoms with E-state index in [4.69, 9.17) is 0 Å². The highest BCUT2D eigenvalue weighted by Crippen LogP contribution is 2.42. The molecule has 3 aromatic carbocycles. The van der Waals surface area contributed by atoms with E-state index in [-0.39, 0.29) is 18.4 Å². The SMILES string of the molecule is CC(C)N(CCNC(=O)CN1C(=O)/C(=C\c2cccc(Br)c2)Sc2ccccc21)Cc1ccccc1. The van der Waals surface area contributed by atoms with Gasteiger partial charge in [0.05, 0.1) is 10.6 Å². The number of hydrogen-bond donors (Lipinski definition) is 1. The smallest absolute Gasteiger partial charge is 0.265 e. The van der Waals surface area contributed by atoms with Crippen LogP contribution in [0.5, 0.6) is 0 Å². The van der Waals surface area contributed by atoms with Gasteiger partial charge in [0, 0.05) is 35.0 Å². The second-order valence-corrected chi connectivity index (χ2v) is 10.9. The van der Waals surface area contributed by atoms with E-state index < -0.39 is 0 Å². The lowest BCUT2D eigenvalue weighted by Crippen LogP contribution is -2.45. The van der Waals surface area contributed by atoms with E-state index >= 15 is 0 Å². The number of benzene rings is 3. The Balaban J connectivity index is 1.42. The summed E-state index contributed by atoms with van der Waals surface area (Å²) in [7, 11) is 0. The molecule has 0 fully saturated rings. The molecule has 0 atom stereocenters. The Hall–Kier alpha value is -2.87. The molecule has 0 aromatic heterocycles. The molecule has 3 aromatic rings. The molecule has 0 unspecified atom stereocenters. The van der Waals surface area contributed by atoms with Gasteiger partial charge in [-0.2, -0.15) is 0 Å². The summed E-state index contributed by atoms with van der Waals surface area (Å²) in [6.45, 7) is 6.37. The van der Waals surface area contributed by atoms with Gasteiger partial charge in [0.15, 0.2) is 0 Å². The molecule has 36 heavy (non-hydrogen) atoms. The molecule has 7 heteroatoms. The van der Waals surface area contributed by atoms with Crippen molar-refractivity contribution in [2.45, 2.75) is 31.3 Å². The predicted molar refractivity (Wildman–Crippen MR) is 152 cm³/mol. The first-order valence-electron chi connectivity index (χ1n) is 12.0. The average Bonchev–Trinajstić information content (AvgIpc) is 2.86. The Morgan fingerprint density at radius 1 is 1.06 bits per heavy atom. The van der Waals surface area contributed by atoms with Gasteiger partial charge in [-0.1, -0.05) is 82.3 Å². The van der Waals surface area contributed by atoms with Crippen molar-refractivity contribution in [2.75, 3.05) is 24.5 Å². The Kier molecular flexibility index (Phi) is 9.02. The number of hydrogen-bond acceptors (Lipinski definition) is 4. The van der Waals surface area contributed by atoms with Crippen LogP contribution in [0, 0.1) is 0 Å². The fourth-order valence-electron chi connectivity index (χ4n) is 4.04. The van der Waals surface area contributed by atoms with E-state index in [1.807, 2.05) is 72.8 Å². The Morgan fingerprint density at radius 2 is 1.81 bits per heavy atom. The minimum atomic E-state index is -0.171. The molecule has 1 heterocycles. The van der Waals surface area contributed by atoms with Crippen LogP contribution in [0.2, 0.25) is 0 Å². The van der Waals surface area contributed by atoms with Crippen LogP contribution in [0.25, 0.3) is 6.08 Å². The van der Waals surface area contributed by atoms with Gasteiger partial charge in [-0.25, -0.2) is 0 Å². The zero-order chi connectivity index (χ0) is 25.5. The van der Waals surface area contributed by atoms with Gasteiger partial charge >= 0.3 is 0 Å². The number of anilines is 1. The number of carbonyl (C=O) groups excluding carboxylic acids is 2. The normalized spacial score (nSPS) is 14.4. The van der Waals surface area contributed by atoms with E-state index in [2.05, 4.69) is 52.1 Å². The molecule has 0 saturated carbocycles. The molecule has 0 bridgehead atoms. The van der Waals surface area contributed by atoms with Crippen LogP contribution in [0.4, 0.5) is 5.69 Å². The van der Waals surface area contributed by atoms with Crippen molar-refractivity contribution in [1.82, 2.24) is 10.2 Å². The second-order valence-electron chi connectivity index (χ2n) is 8.92. The molecule has 1 aliphatic heterocycles. The average molecular weight is 565 g/mol. The van der Waals surface area contributed by atoms with Gasteiger partial charge in [-0.05, 0) is 55.3 Å². The standard InChI is InChI=1S/C29H30BrN3O2S/c1-21(2)32(19-22-9-4-3-5-10-22)16-15-31-28(34)20-33-25-13-6-7-14-26(25)36-27(29(33)35)18-23-11-8-12-24(30)17-23/h3-14,17-18,21H,15-16,19-20H2,1-2H3,(H,31,34)/b27-18+. The summed E-state index contributed by atoms with van der Waals surface area (Å²) in [4.78, 5) is 31.8. The number of carbonyl (C=O) groups is 2. The summed E-state index contributed by atoms with van der Waals surface area (Å²) < 4.78 is 0.949. The lowest BCUT2D eigenvalue weighted by Gasteiger charge is -2.30. The Labute approximate surface area is 225 Å². The fraction of sp³-hybridized carbons (Fsp3) is 0.241. The lowest BCUT2D eigenvalue weighted by atomic mass is 10.2. The second kappa shape index (κ2) is 12.4. The minimum Gasteiger partial charge on any atom is -0.353 e. The minimum absolute atomic E-state index is 0.0212. The highest BCUT2D eigenvalue weighted by molar-refractivity contribution is 9.10. The van der Waals surface area contributed by atoms with Crippen molar-refractivity contribution in [3.63, 3.8) is 0 Å². The summed E-state index contributed by atoms with van der Waals surface area (Å²) in [5, 5.41) is 3.02. The van der Waals surface area contributed by atoms with Crippen molar-refractivity contribution < 1.29 is 9.59 Å². The van der Waals surface area contributed by atoms with Crippen molar-refractivity contribution in [2.24, 2.45) is 0 Å². The van der Waals surface area contributed by atoms with Crippen LogP contribution in [0.3, 0.4) is 0 Å². The molecule has 0 spiro atoms. The van der Waals surface area contributed by atoms with E-state index in [0.29, 0.717) is 17.5 Å².